The monoisotopic (exact) mass is 530 g/mol. The van der Waals surface area contributed by atoms with Crippen LogP contribution < -0.4 is 15.4 Å². The van der Waals surface area contributed by atoms with E-state index in [4.69, 9.17) is 4.74 Å². The first kappa shape index (κ1) is 27.0. The molecule has 0 aliphatic heterocycles. The highest BCUT2D eigenvalue weighted by Gasteiger charge is 2.34. The summed E-state index contributed by atoms with van der Waals surface area (Å²) in [4.78, 5) is 38.2. The molecule has 4 rings (SSSR count). The van der Waals surface area contributed by atoms with Crippen molar-refractivity contribution < 1.29 is 24.2 Å². The minimum atomic E-state index is -0.964. The van der Waals surface area contributed by atoms with Gasteiger partial charge in [0.25, 0.3) is 0 Å². The highest BCUT2D eigenvalue weighted by molar-refractivity contribution is 8.00. The highest BCUT2D eigenvalue weighted by Crippen LogP contribution is 2.31. The molecule has 0 bridgehead atoms. The zero-order valence-corrected chi connectivity index (χ0v) is 21.8. The number of allylic oxidation sites excluding steroid dienone is 2. The summed E-state index contributed by atoms with van der Waals surface area (Å²) in [7, 11) is 0. The second kappa shape index (κ2) is 13.0. The Morgan fingerprint density at radius 2 is 1.55 bits per heavy atom. The maximum Gasteiger partial charge on any atom is 0.307 e. The number of hydrogen-bond acceptors (Lipinski definition) is 5. The van der Waals surface area contributed by atoms with Crippen molar-refractivity contribution in [3.8, 4) is 11.5 Å². The number of hydrogen-bond donors (Lipinski definition) is 3. The number of anilines is 2. The third kappa shape index (κ3) is 7.26. The first-order valence-electron chi connectivity index (χ1n) is 12.5. The first-order chi connectivity index (χ1) is 18.4. The van der Waals surface area contributed by atoms with Gasteiger partial charge in [-0.1, -0.05) is 43.3 Å². The summed E-state index contributed by atoms with van der Waals surface area (Å²) in [6.07, 6.45) is 5.01. The second-order valence-corrected chi connectivity index (χ2v) is 10.2. The van der Waals surface area contributed by atoms with E-state index >= 15 is 0 Å². The van der Waals surface area contributed by atoms with Gasteiger partial charge in [-0.15, -0.1) is 11.8 Å². The van der Waals surface area contributed by atoms with Gasteiger partial charge in [0, 0.05) is 16.3 Å². The molecule has 0 aromatic heterocycles. The Hall–Kier alpha value is -4.04. The van der Waals surface area contributed by atoms with Gasteiger partial charge in [-0.05, 0) is 73.9 Å². The fourth-order valence-electron chi connectivity index (χ4n) is 4.20. The molecule has 8 heteroatoms. The van der Waals surface area contributed by atoms with Crippen molar-refractivity contribution in [1.29, 1.82) is 0 Å². The van der Waals surface area contributed by atoms with Crippen LogP contribution in [0.15, 0.2) is 95.9 Å². The number of carbonyl (C=O) groups excluding carboxylic acids is 2. The number of amides is 2. The van der Waals surface area contributed by atoms with Gasteiger partial charge in [-0.2, -0.15) is 0 Å². The normalized spacial score (nSPS) is 17.3. The van der Waals surface area contributed by atoms with Crippen molar-refractivity contribution in [3.63, 3.8) is 0 Å². The molecule has 38 heavy (non-hydrogen) atoms. The number of thioether (sulfide) groups is 1. The molecular weight excluding hydrogens is 500 g/mol. The summed E-state index contributed by atoms with van der Waals surface area (Å²) >= 11 is 1.41. The summed E-state index contributed by atoms with van der Waals surface area (Å²) in [5, 5.41) is 14.9. The van der Waals surface area contributed by atoms with Gasteiger partial charge < -0.3 is 20.5 Å². The molecule has 0 radical (unpaired) electrons. The van der Waals surface area contributed by atoms with Crippen LogP contribution in [0.4, 0.5) is 11.4 Å². The predicted octanol–water partition coefficient (Wildman–Crippen LogP) is 6.59. The molecule has 1 aliphatic carbocycles. The Balaban J connectivity index is 1.35. The van der Waals surface area contributed by atoms with E-state index in [1.165, 1.54) is 11.8 Å². The van der Waals surface area contributed by atoms with Crippen LogP contribution in [-0.2, 0) is 14.4 Å². The van der Waals surface area contributed by atoms with E-state index < -0.39 is 17.8 Å². The molecular formula is C30H30N2O5S. The zero-order chi connectivity index (χ0) is 26.9. The smallest absolute Gasteiger partial charge is 0.307 e. The number of rotatable bonds is 10. The third-order valence-corrected chi connectivity index (χ3v) is 7.59. The lowest BCUT2D eigenvalue weighted by atomic mass is 9.82. The molecule has 7 nitrogen and oxygen atoms in total. The van der Waals surface area contributed by atoms with E-state index in [0.717, 1.165) is 10.6 Å². The lowest BCUT2D eigenvalue weighted by Gasteiger charge is -2.24. The second-order valence-electron chi connectivity index (χ2n) is 8.95. The van der Waals surface area contributed by atoms with Gasteiger partial charge in [-0.3, -0.25) is 14.4 Å². The number of ether oxygens (including phenoxy) is 1. The number of carboxylic acids is 1. The molecule has 3 atom stereocenters. The Kier molecular flexibility index (Phi) is 9.21. The van der Waals surface area contributed by atoms with Crippen molar-refractivity contribution in [1.82, 2.24) is 0 Å². The van der Waals surface area contributed by atoms with Crippen LogP contribution in [0.25, 0.3) is 0 Å². The number of carboxylic acid groups (broad SMARTS) is 1. The SMILES string of the molecule is CCC(Sc1cccc(NC(=O)C2CC=CCC2C(=O)O)c1)C(=O)Nc1ccc(Oc2ccccc2)cc1. The number of benzene rings is 3. The van der Waals surface area contributed by atoms with Crippen molar-refractivity contribution in [3.05, 3.63) is 91.0 Å². The lowest BCUT2D eigenvalue weighted by molar-refractivity contribution is -0.146. The van der Waals surface area contributed by atoms with Crippen molar-refractivity contribution in [2.45, 2.75) is 36.3 Å². The molecule has 3 N–H and O–H groups in total. The van der Waals surface area contributed by atoms with Crippen LogP contribution in [0.1, 0.15) is 26.2 Å². The van der Waals surface area contributed by atoms with E-state index in [0.29, 0.717) is 36.4 Å². The van der Waals surface area contributed by atoms with Crippen molar-refractivity contribution in [2.75, 3.05) is 10.6 Å². The van der Waals surface area contributed by atoms with Crippen LogP contribution in [0.3, 0.4) is 0 Å². The molecule has 0 saturated carbocycles. The molecule has 0 heterocycles. The third-order valence-electron chi connectivity index (χ3n) is 6.23. The Morgan fingerprint density at radius 3 is 2.24 bits per heavy atom. The quantitative estimate of drug-likeness (QED) is 0.202. The highest BCUT2D eigenvalue weighted by atomic mass is 32.2. The fraction of sp³-hybridized carbons (Fsp3) is 0.233. The predicted molar refractivity (Wildman–Crippen MR) is 150 cm³/mol. The largest absolute Gasteiger partial charge is 0.481 e. The standard InChI is InChI=1S/C30H30N2O5S/c1-2-27(29(34)31-20-15-17-23(18-16-20)37-22-10-4-3-5-11-22)38-24-12-8-9-21(19-24)32-28(33)25-13-6-7-14-26(25)30(35)36/h3-12,15-19,25-27H,2,13-14H2,1H3,(H,31,34)(H,32,33)(H,35,36). The van der Waals surface area contributed by atoms with E-state index in [-0.39, 0.29) is 17.1 Å². The topological polar surface area (TPSA) is 105 Å². The molecule has 3 aromatic carbocycles. The molecule has 3 unspecified atom stereocenters. The van der Waals surface area contributed by atoms with E-state index in [2.05, 4.69) is 10.6 Å². The van der Waals surface area contributed by atoms with Gasteiger partial charge in [0.15, 0.2) is 0 Å². The molecule has 196 valence electrons. The maximum atomic E-state index is 13.0. The fourth-order valence-corrected chi connectivity index (χ4v) is 5.21. The van der Waals surface area contributed by atoms with Gasteiger partial charge >= 0.3 is 5.97 Å². The first-order valence-corrected chi connectivity index (χ1v) is 13.4. The van der Waals surface area contributed by atoms with Crippen LogP contribution in [-0.4, -0.2) is 28.1 Å². The number of carbonyl (C=O) groups is 3. The van der Waals surface area contributed by atoms with Crippen LogP contribution in [0, 0.1) is 11.8 Å². The van der Waals surface area contributed by atoms with Crippen LogP contribution >= 0.6 is 11.8 Å². The average Bonchev–Trinajstić information content (AvgIpc) is 2.93. The molecule has 2 amide bonds. The summed E-state index contributed by atoms with van der Waals surface area (Å²) in [5.74, 6) is -1.34. The van der Waals surface area contributed by atoms with Crippen molar-refractivity contribution in [2.24, 2.45) is 11.8 Å². The molecule has 0 fully saturated rings. The number of para-hydroxylation sites is 1. The van der Waals surface area contributed by atoms with Crippen molar-refractivity contribution >= 4 is 40.9 Å². The Bertz CT molecular complexity index is 1290. The molecule has 1 aliphatic rings. The molecule has 0 spiro atoms. The number of aliphatic carboxylic acids is 1. The van der Waals surface area contributed by atoms with Crippen LogP contribution in [0.2, 0.25) is 0 Å². The van der Waals surface area contributed by atoms with Gasteiger partial charge in [0.2, 0.25) is 11.8 Å². The summed E-state index contributed by atoms with van der Waals surface area (Å²) in [6.45, 7) is 1.95. The minimum absolute atomic E-state index is 0.123. The number of nitrogens with one attached hydrogen (secondary N) is 2. The van der Waals surface area contributed by atoms with Crippen LogP contribution in [0.5, 0.6) is 11.5 Å². The van der Waals surface area contributed by atoms with E-state index in [9.17, 15) is 19.5 Å². The summed E-state index contributed by atoms with van der Waals surface area (Å²) in [6, 6.07) is 23.9. The Morgan fingerprint density at radius 1 is 0.868 bits per heavy atom. The lowest BCUT2D eigenvalue weighted by Crippen LogP contribution is -2.34. The molecule has 3 aromatic rings. The van der Waals surface area contributed by atoms with E-state index in [1.807, 2.05) is 67.6 Å². The summed E-state index contributed by atoms with van der Waals surface area (Å²) < 4.78 is 5.80. The zero-order valence-electron chi connectivity index (χ0n) is 21.0. The molecule has 0 saturated heterocycles. The van der Waals surface area contributed by atoms with Gasteiger partial charge in [0.05, 0.1) is 17.1 Å². The summed E-state index contributed by atoms with van der Waals surface area (Å²) in [5.41, 5.74) is 1.24. The maximum absolute atomic E-state index is 13.0. The average molecular weight is 531 g/mol. The minimum Gasteiger partial charge on any atom is -0.481 e. The van der Waals surface area contributed by atoms with Gasteiger partial charge in [-0.25, -0.2) is 0 Å². The van der Waals surface area contributed by atoms with Gasteiger partial charge in [0.1, 0.15) is 11.5 Å². The Labute approximate surface area is 226 Å². The van der Waals surface area contributed by atoms with E-state index in [1.54, 1.807) is 30.3 Å².